The van der Waals surface area contributed by atoms with E-state index in [4.69, 9.17) is 11.6 Å². The van der Waals surface area contributed by atoms with Crippen LogP contribution in [0.3, 0.4) is 0 Å². The fourth-order valence-electron chi connectivity index (χ4n) is 2.00. The molecule has 0 radical (unpaired) electrons. The van der Waals surface area contributed by atoms with Gasteiger partial charge in [0, 0.05) is 34.2 Å². The number of nitro benzene ring substituents is 1. The van der Waals surface area contributed by atoms with E-state index < -0.39 is 10.7 Å². The number of hydrogen-bond donors (Lipinski definition) is 0. The minimum atomic E-state index is -0.547. The third kappa shape index (κ3) is 3.25. The lowest BCUT2D eigenvalue weighted by Crippen LogP contribution is -2.06. The second kappa shape index (κ2) is 6.01. The predicted octanol–water partition coefficient (Wildman–Crippen LogP) is 4.12. The number of nitro groups is 1. The molecule has 0 heterocycles. The van der Waals surface area contributed by atoms with Crippen LogP contribution in [-0.2, 0) is 6.42 Å². The van der Waals surface area contributed by atoms with Crippen LogP contribution in [0, 0.1) is 22.9 Å². The Kier molecular flexibility index (Phi) is 4.33. The van der Waals surface area contributed by atoms with Gasteiger partial charge in [0.15, 0.2) is 5.78 Å². The highest BCUT2D eigenvalue weighted by atomic mass is 35.5. The summed E-state index contributed by atoms with van der Waals surface area (Å²) in [7, 11) is 0. The molecular weight excluding hydrogens is 297 g/mol. The summed E-state index contributed by atoms with van der Waals surface area (Å²) in [4.78, 5) is 22.4. The van der Waals surface area contributed by atoms with Crippen molar-refractivity contribution in [2.75, 3.05) is 0 Å². The molecule has 2 aromatic rings. The van der Waals surface area contributed by atoms with Crippen LogP contribution in [0.1, 0.15) is 21.5 Å². The lowest BCUT2D eigenvalue weighted by atomic mass is 10.0. The Morgan fingerprint density at radius 3 is 2.62 bits per heavy atom. The number of ketones is 1. The molecule has 2 rings (SSSR count). The molecule has 0 aliphatic rings. The van der Waals surface area contributed by atoms with Crippen LogP contribution < -0.4 is 0 Å². The van der Waals surface area contributed by atoms with E-state index in [2.05, 4.69) is 0 Å². The number of carbonyl (C=O) groups excluding carboxylic acids is 1. The lowest BCUT2D eigenvalue weighted by Gasteiger charge is -2.06. The molecule has 21 heavy (non-hydrogen) atoms. The number of carbonyl (C=O) groups is 1. The number of Topliss-reactive ketones (excluding diaryl/α,β-unsaturated/α-hetero) is 1. The van der Waals surface area contributed by atoms with E-state index in [9.17, 15) is 19.3 Å². The third-order valence-electron chi connectivity index (χ3n) is 3.11. The monoisotopic (exact) mass is 307 g/mol. The molecule has 0 atom stereocenters. The molecule has 6 heteroatoms. The first kappa shape index (κ1) is 15.1. The van der Waals surface area contributed by atoms with Gasteiger partial charge in [-0.25, -0.2) is 4.39 Å². The Labute approximate surface area is 125 Å². The maximum Gasteiger partial charge on any atom is 0.272 e. The minimum Gasteiger partial charge on any atom is -0.294 e. The number of halogens is 2. The molecule has 0 bridgehead atoms. The van der Waals surface area contributed by atoms with Crippen molar-refractivity contribution in [3.05, 3.63) is 74.0 Å². The van der Waals surface area contributed by atoms with Gasteiger partial charge in [-0.3, -0.25) is 14.9 Å². The average Bonchev–Trinajstić information content (AvgIpc) is 2.42. The maximum absolute atomic E-state index is 13.6. The Morgan fingerprint density at radius 1 is 1.33 bits per heavy atom. The smallest absolute Gasteiger partial charge is 0.272 e. The first-order valence-electron chi connectivity index (χ1n) is 6.11. The van der Waals surface area contributed by atoms with Crippen LogP contribution in [-0.4, -0.2) is 10.7 Å². The molecule has 2 aromatic carbocycles. The van der Waals surface area contributed by atoms with E-state index >= 15 is 0 Å². The SMILES string of the molecule is Cc1cc(C(=O)Cc2c(F)cccc2Cl)ccc1[N+](=O)[O-]. The van der Waals surface area contributed by atoms with Crippen molar-refractivity contribution in [1.29, 1.82) is 0 Å². The summed E-state index contributed by atoms with van der Waals surface area (Å²) in [5.41, 5.74) is 0.735. The quantitative estimate of drug-likeness (QED) is 0.485. The number of nitrogens with zero attached hydrogens (tertiary/aromatic N) is 1. The summed E-state index contributed by atoms with van der Waals surface area (Å²) in [5, 5.41) is 10.9. The van der Waals surface area contributed by atoms with E-state index in [0.717, 1.165) is 0 Å². The van der Waals surface area contributed by atoms with E-state index in [1.165, 1.54) is 36.4 Å². The normalized spacial score (nSPS) is 10.4. The zero-order valence-corrected chi connectivity index (χ0v) is 11.9. The van der Waals surface area contributed by atoms with Gasteiger partial charge in [0.25, 0.3) is 5.69 Å². The zero-order valence-electron chi connectivity index (χ0n) is 11.1. The molecular formula is C15H11ClFNO3. The van der Waals surface area contributed by atoms with Gasteiger partial charge in [0.05, 0.1) is 4.92 Å². The van der Waals surface area contributed by atoms with Crippen LogP contribution in [0.25, 0.3) is 0 Å². The fraction of sp³-hybridized carbons (Fsp3) is 0.133. The largest absolute Gasteiger partial charge is 0.294 e. The summed E-state index contributed by atoms with van der Waals surface area (Å²) in [6, 6.07) is 8.26. The number of aryl methyl sites for hydroxylation is 1. The molecule has 0 amide bonds. The van der Waals surface area contributed by atoms with Crippen molar-refractivity contribution in [1.82, 2.24) is 0 Å². The van der Waals surface area contributed by atoms with Crippen molar-refractivity contribution in [3.8, 4) is 0 Å². The van der Waals surface area contributed by atoms with E-state index in [-0.39, 0.29) is 34.0 Å². The Bertz CT molecular complexity index is 711. The Morgan fingerprint density at radius 2 is 2.05 bits per heavy atom. The molecule has 0 aromatic heterocycles. The number of benzene rings is 2. The van der Waals surface area contributed by atoms with Gasteiger partial charge < -0.3 is 0 Å². The summed E-state index contributed by atoms with van der Waals surface area (Å²) < 4.78 is 13.6. The van der Waals surface area contributed by atoms with Crippen LogP contribution in [0.4, 0.5) is 10.1 Å². The van der Waals surface area contributed by atoms with Crippen molar-refractivity contribution < 1.29 is 14.1 Å². The molecule has 4 nitrogen and oxygen atoms in total. The molecule has 0 aliphatic heterocycles. The molecule has 0 aliphatic carbocycles. The molecule has 0 fully saturated rings. The highest BCUT2D eigenvalue weighted by Gasteiger charge is 2.16. The maximum atomic E-state index is 13.6. The first-order valence-corrected chi connectivity index (χ1v) is 6.49. The van der Waals surface area contributed by atoms with Gasteiger partial charge in [-0.2, -0.15) is 0 Å². The Balaban J connectivity index is 2.29. The molecule has 0 spiro atoms. The molecule has 0 saturated heterocycles. The van der Waals surface area contributed by atoms with Crippen LogP contribution in [0.15, 0.2) is 36.4 Å². The predicted molar refractivity (Wildman–Crippen MR) is 77.3 cm³/mol. The van der Waals surface area contributed by atoms with Gasteiger partial charge in [-0.15, -0.1) is 0 Å². The Hall–Kier alpha value is -2.27. The van der Waals surface area contributed by atoms with Crippen molar-refractivity contribution in [2.45, 2.75) is 13.3 Å². The van der Waals surface area contributed by atoms with Gasteiger partial charge in [0.2, 0.25) is 0 Å². The molecule has 108 valence electrons. The van der Waals surface area contributed by atoms with Crippen molar-refractivity contribution in [3.63, 3.8) is 0 Å². The van der Waals surface area contributed by atoms with E-state index in [1.807, 2.05) is 0 Å². The van der Waals surface area contributed by atoms with Crippen LogP contribution >= 0.6 is 11.6 Å². The fourth-order valence-corrected chi connectivity index (χ4v) is 2.23. The molecule has 0 unspecified atom stereocenters. The van der Waals surface area contributed by atoms with E-state index in [1.54, 1.807) is 6.92 Å². The highest BCUT2D eigenvalue weighted by molar-refractivity contribution is 6.31. The molecule has 0 saturated carbocycles. The van der Waals surface area contributed by atoms with Gasteiger partial charge in [-0.05, 0) is 31.2 Å². The lowest BCUT2D eigenvalue weighted by molar-refractivity contribution is -0.385. The summed E-state index contributed by atoms with van der Waals surface area (Å²) >= 11 is 5.88. The second-order valence-corrected chi connectivity index (χ2v) is 4.97. The summed E-state index contributed by atoms with van der Waals surface area (Å²) in [5.74, 6) is -0.894. The zero-order chi connectivity index (χ0) is 15.6. The van der Waals surface area contributed by atoms with Crippen LogP contribution in [0.2, 0.25) is 5.02 Å². The summed E-state index contributed by atoms with van der Waals surface area (Å²) in [6.45, 7) is 1.55. The van der Waals surface area contributed by atoms with Crippen molar-refractivity contribution in [2.24, 2.45) is 0 Å². The number of hydrogen-bond acceptors (Lipinski definition) is 3. The standard InChI is InChI=1S/C15H11ClFNO3/c1-9-7-10(5-6-14(9)18(20)21)15(19)8-11-12(16)3-2-4-13(11)17/h2-7H,8H2,1H3. The van der Waals surface area contributed by atoms with E-state index in [0.29, 0.717) is 5.56 Å². The first-order chi connectivity index (χ1) is 9.90. The highest BCUT2D eigenvalue weighted by Crippen LogP contribution is 2.23. The average molecular weight is 308 g/mol. The minimum absolute atomic E-state index is 0.0597. The number of rotatable bonds is 4. The van der Waals surface area contributed by atoms with Gasteiger partial charge in [0.1, 0.15) is 5.82 Å². The second-order valence-electron chi connectivity index (χ2n) is 4.56. The van der Waals surface area contributed by atoms with Gasteiger partial charge in [-0.1, -0.05) is 17.7 Å². The van der Waals surface area contributed by atoms with Crippen molar-refractivity contribution >= 4 is 23.1 Å². The van der Waals surface area contributed by atoms with Gasteiger partial charge >= 0.3 is 0 Å². The third-order valence-corrected chi connectivity index (χ3v) is 3.47. The molecule has 0 N–H and O–H groups in total. The van der Waals surface area contributed by atoms with Crippen LogP contribution in [0.5, 0.6) is 0 Å². The topological polar surface area (TPSA) is 60.2 Å². The summed E-state index contributed by atoms with van der Waals surface area (Å²) in [6.07, 6.45) is -0.192.